The lowest BCUT2D eigenvalue weighted by Gasteiger charge is -2.30. The van der Waals surface area contributed by atoms with Gasteiger partial charge in [0, 0.05) is 11.5 Å². The van der Waals surface area contributed by atoms with Crippen molar-refractivity contribution in [2.45, 2.75) is 44.3 Å². The summed E-state index contributed by atoms with van der Waals surface area (Å²) in [7, 11) is 0. The van der Waals surface area contributed by atoms with Crippen LogP contribution in [0, 0.1) is 5.92 Å². The minimum Gasteiger partial charge on any atom is -0.394 e. The molecule has 0 aliphatic heterocycles. The number of nitrogens with two attached hydrogens (primary N) is 1. The largest absolute Gasteiger partial charge is 0.416 e. The first-order valence-electron chi connectivity index (χ1n) is 10.2. The van der Waals surface area contributed by atoms with Crippen molar-refractivity contribution in [3.8, 4) is 0 Å². The Morgan fingerprint density at radius 1 is 1.12 bits per heavy atom. The van der Waals surface area contributed by atoms with Crippen molar-refractivity contribution >= 4 is 16.9 Å². The van der Waals surface area contributed by atoms with E-state index < -0.39 is 47.7 Å². The minimum absolute atomic E-state index is 0.0187. The van der Waals surface area contributed by atoms with E-state index in [0.717, 1.165) is 29.5 Å². The Labute approximate surface area is 196 Å². The Hall–Kier alpha value is -2.28. The molecular formula is C22H23F6N3O2S. The molecule has 1 aliphatic rings. The Balaban J connectivity index is 1.77. The summed E-state index contributed by atoms with van der Waals surface area (Å²) < 4.78 is 85.7. The van der Waals surface area contributed by atoms with Crippen LogP contribution in [0.15, 0.2) is 42.0 Å². The number of hydrogen-bond donors (Lipinski definition) is 2. The van der Waals surface area contributed by atoms with Gasteiger partial charge in [-0.05, 0) is 31.1 Å². The van der Waals surface area contributed by atoms with Gasteiger partial charge in [0.25, 0.3) is 0 Å². The van der Waals surface area contributed by atoms with Crippen LogP contribution in [0.25, 0.3) is 5.57 Å². The van der Waals surface area contributed by atoms with Crippen molar-refractivity contribution in [1.82, 2.24) is 10.2 Å². The van der Waals surface area contributed by atoms with Crippen molar-refractivity contribution < 1.29 is 36.2 Å². The Kier molecular flexibility index (Phi) is 7.56. The van der Waals surface area contributed by atoms with Crippen molar-refractivity contribution in [2.24, 2.45) is 11.7 Å². The summed E-state index contributed by atoms with van der Waals surface area (Å²) in [6, 6.07) is 4.59. The van der Waals surface area contributed by atoms with E-state index in [9.17, 15) is 31.4 Å². The van der Waals surface area contributed by atoms with Gasteiger partial charge < -0.3 is 15.6 Å². The molecule has 0 bridgehead atoms. The average Bonchev–Trinajstić information content (AvgIpc) is 3.25. The maximum atomic E-state index is 13.9. The van der Waals surface area contributed by atoms with E-state index >= 15 is 0 Å². The molecule has 0 fully saturated rings. The highest BCUT2D eigenvalue weighted by Crippen LogP contribution is 2.40. The summed E-state index contributed by atoms with van der Waals surface area (Å²) in [5.74, 6) is -0.701. The molecule has 0 saturated heterocycles. The Morgan fingerprint density at radius 3 is 2.44 bits per heavy atom. The molecule has 2 aromatic rings. The quantitative estimate of drug-likeness (QED) is 0.523. The topological polar surface area (TPSA) is 81.3 Å². The summed E-state index contributed by atoms with van der Waals surface area (Å²) in [5, 5.41) is 17.7. The Bertz CT molecular complexity index is 1080. The zero-order valence-corrected chi connectivity index (χ0v) is 19.1. The fraction of sp³-hybridized carbons (Fsp3) is 0.455. The van der Waals surface area contributed by atoms with Gasteiger partial charge in [-0.3, -0.25) is 0 Å². The molecule has 1 aromatic carbocycles. The lowest BCUT2D eigenvalue weighted by atomic mass is 9.88. The second kappa shape index (κ2) is 9.76. The van der Waals surface area contributed by atoms with Gasteiger partial charge in [-0.1, -0.05) is 42.5 Å². The predicted octanol–water partition coefficient (Wildman–Crippen LogP) is 4.87. The fourth-order valence-electron chi connectivity index (χ4n) is 3.41. The number of aliphatic hydroxyl groups excluding tert-OH is 1. The van der Waals surface area contributed by atoms with Crippen LogP contribution in [0.5, 0.6) is 0 Å². The maximum Gasteiger partial charge on any atom is 0.416 e. The van der Waals surface area contributed by atoms with E-state index in [-0.39, 0.29) is 28.6 Å². The number of aromatic nitrogens is 2. The second-order valence-electron chi connectivity index (χ2n) is 8.31. The highest BCUT2D eigenvalue weighted by Gasteiger charge is 2.43. The number of benzene rings is 1. The molecule has 12 heteroatoms. The normalized spacial score (nSPS) is 21.1. The molecule has 3 atom stereocenters. The summed E-state index contributed by atoms with van der Waals surface area (Å²) in [6.07, 6.45) is -8.02. The molecule has 0 saturated carbocycles. The Morgan fingerprint density at radius 2 is 1.82 bits per heavy atom. The zero-order chi connectivity index (χ0) is 25.3. The van der Waals surface area contributed by atoms with Crippen LogP contribution in [-0.2, 0) is 22.9 Å². The lowest BCUT2D eigenvalue weighted by Crippen LogP contribution is -2.36. The molecule has 0 amide bonds. The number of aliphatic hydroxyl groups is 1. The SMILES string of the molecule is CC1C=C(c2nnc([C@@](C)(N)CO)s2)C=C(C(F)(F)F)C1OCCc1cccc(C(F)(F)F)c1. The van der Waals surface area contributed by atoms with Gasteiger partial charge in [-0.25, -0.2) is 0 Å². The summed E-state index contributed by atoms with van der Waals surface area (Å²) in [4.78, 5) is 0. The van der Waals surface area contributed by atoms with Crippen LogP contribution in [0.3, 0.4) is 0 Å². The number of allylic oxidation sites excluding steroid dienone is 2. The molecule has 0 radical (unpaired) electrons. The van der Waals surface area contributed by atoms with Crippen molar-refractivity contribution in [1.29, 1.82) is 0 Å². The van der Waals surface area contributed by atoms with Crippen LogP contribution in [-0.4, -0.2) is 40.8 Å². The van der Waals surface area contributed by atoms with Crippen LogP contribution in [0.2, 0.25) is 0 Å². The highest BCUT2D eigenvalue weighted by atomic mass is 32.1. The molecule has 2 unspecified atom stereocenters. The minimum atomic E-state index is -4.70. The lowest BCUT2D eigenvalue weighted by molar-refractivity contribution is -0.137. The molecule has 0 spiro atoms. The third kappa shape index (κ3) is 6.04. The van der Waals surface area contributed by atoms with Gasteiger partial charge in [0.05, 0.1) is 36.0 Å². The number of nitrogens with zero attached hydrogens (tertiary/aromatic N) is 2. The smallest absolute Gasteiger partial charge is 0.394 e. The summed E-state index contributed by atoms with van der Waals surface area (Å²) in [5.41, 5.74) is 3.51. The van der Waals surface area contributed by atoms with Gasteiger partial charge in [0.2, 0.25) is 0 Å². The monoisotopic (exact) mass is 507 g/mol. The van der Waals surface area contributed by atoms with Crippen LogP contribution in [0.4, 0.5) is 26.3 Å². The number of halogens is 6. The molecule has 1 aromatic heterocycles. The third-order valence-corrected chi connectivity index (χ3v) is 6.55. The van der Waals surface area contributed by atoms with E-state index in [0.29, 0.717) is 5.56 Å². The van der Waals surface area contributed by atoms with E-state index in [2.05, 4.69) is 10.2 Å². The van der Waals surface area contributed by atoms with Gasteiger partial charge >= 0.3 is 12.4 Å². The molecule has 3 N–H and O–H groups in total. The van der Waals surface area contributed by atoms with Gasteiger partial charge in [0.1, 0.15) is 10.0 Å². The zero-order valence-electron chi connectivity index (χ0n) is 18.2. The molecule has 1 heterocycles. The second-order valence-corrected chi connectivity index (χ2v) is 9.28. The van der Waals surface area contributed by atoms with Crippen LogP contribution in [0.1, 0.15) is 35.0 Å². The van der Waals surface area contributed by atoms with Gasteiger partial charge in [-0.15, -0.1) is 10.2 Å². The van der Waals surface area contributed by atoms with E-state index in [1.54, 1.807) is 13.0 Å². The predicted molar refractivity (Wildman–Crippen MR) is 115 cm³/mol. The van der Waals surface area contributed by atoms with E-state index in [1.807, 2.05) is 0 Å². The fourth-order valence-corrected chi connectivity index (χ4v) is 4.30. The first kappa shape index (κ1) is 26.3. The average molecular weight is 508 g/mol. The first-order valence-corrected chi connectivity index (χ1v) is 11.1. The molecule has 5 nitrogen and oxygen atoms in total. The van der Waals surface area contributed by atoms with Crippen LogP contribution < -0.4 is 5.73 Å². The maximum absolute atomic E-state index is 13.9. The molecule has 1 aliphatic carbocycles. The number of alkyl halides is 6. The number of rotatable bonds is 7. The number of hydrogen-bond acceptors (Lipinski definition) is 6. The number of ether oxygens (including phenoxy) is 1. The van der Waals surface area contributed by atoms with Gasteiger partial charge in [0.15, 0.2) is 0 Å². The molecule has 34 heavy (non-hydrogen) atoms. The highest BCUT2D eigenvalue weighted by molar-refractivity contribution is 7.12. The van der Waals surface area contributed by atoms with Crippen molar-refractivity contribution in [2.75, 3.05) is 13.2 Å². The van der Waals surface area contributed by atoms with Gasteiger partial charge in [-0.2, -0.15) is 26.3 Å². The van der Waals surface area contributed by atoms with Crippen LogP contribution >= 0.6 is 11.3 Å². The molecule has 3 rings (SSSR count). The summed E-state index contributed by atoms with van der Waals surface area (Å²) in [6.45, 7) is 2.47. The van der Waals surface area contributed by atoms with E-state index in [1.165, 1.54) is 19.1 Å². The standard InChI is InChI=1S/C22H23F6N3O2S/c1-12-8-14(18-30-31-19(34-18)20(2,29)11-32)10-16(22(26,27)28)17(12)33-7-6-13-4-3-5-15(9-13)21(23,24)25/h3-5,8-10,12,17,32H,6-7,11,29H2,1-2H3/t12?,17?,20-/m0/s1. The molecule has 186 valence electrons. The van der Waals surface area contributed by atoms with E-state index in [4.69, 9.17) is 10.5 Å². The molecular weight excluding hydrogens is 484 g/mol. The third-order valence-electron chi connectivity index (χ3n) is 5.30. The van der Waals surface area contributed by atoms with Crippen molar-refractivity contribution in [3.63, 3.8) is 0 Å². The first-order chi connectivity index (χ1) is 15.7. The summed E-state index contributed by atoms with van der Waals surface area (Å²) >= 11 is 0.985. The van der Waals surface area contributed by atoms with Crippen molar-refractivity contribution in [3.05, 3.63) is 63.1 Å².